The summed E-state index contributed by atoms with van der Waals surface area (Å²) >= 11 is 1.32. The summed E-state index contributed by atoms with van der Waals surface area (Å²) in [5, 5.41) is 16.7. The van der Waals surface area contributed by atoms with Crippen molar-refractivity contribution in [3.63, 3.8) is 0 Å². The second kappa shape index (κ2) is 7.91. The lowest BCUT2D eigenvalue weighted by atomic mass is 10.0. The van der Waals surface area contributed by atoms with Gasteiger partial charge in [-0.05, 0) is 11.5 Å². The fraction of sp³-hybridized carbons (Fsp3) is 0.150. The second-order valence-corrected chi connectivity index (χ2v) is 6.62. The minimum Gasteiger partial charge on any atom is -0.380 e. The summed E-state index contributed by atoms with van der Waals surface area (Å²) in [5.41, 5.74) is 4.06. The number of benzene rings is 2. The fourth-order valence-electron chi connectivity index (χ4n) is 2.72. The molecule has 3 rings (SSSR count). The third-order valence-electron chi connectivity index (χ3n) is 3.96. The lowest BCUT2D eigenvalue weighted by molar-refractivity contribution is 0.112. The van der Waals surface area contributed by atoms with E-state index in [1.807, 2.05) is 35.7 Å². The van der Waals surface area contributed by atoms with E-state index in [-0.39, 0.29) is 0 Å². The first-order chi connectivity index (χ1) is 12.7. The van der Waals surface area contributed by atoms with Crippen LogP contribution in [0.15, 0.2) is 47.9 Å². The van der Waals surface area contributed by atoms with Crippen LogP contribution in [0.2, 0.25) is 0 Å². The van der Waals surface area contributed by atoms with Gasteiger partial charge in [0.05, 0.1) is 18.4 Å². The zero-order chi connectivity index (χ0) is 18.5. The summed E-state index contributed by atoms with van der Waals surface area (Å²) in [6.07, 6.45) is 0.756. The first-order valence-corrected chi connectivity index (χ1v) is 8.81. The maximum atomic E-state index is 10.9. The number of carbonyl (C=O) groups excluding carboxylic acids is 1. The lowest BCUT2D eigenvalue weighted by Crippen LogP contribution is -2.06. The van der Waals surface area contributed by atoms with Gasteiger partial charge in [0, 0.05) is 46.8 Å². The van der Waals surface area contributed by atoms with Crippen molar-refractivity contribution in [2.24, 2.45) is 0 Å². The summed E-state index contributed by atoms with van der Waals surface area (Å²) in [5.74, 6) is 0. The second-order valence-electron chi connectivity index (χ2n) is 5.73. The molecule has 26 heavy (non-hydrogen) atoms. The number of methoxy groups -OCH3 is 1. The number of aldehydes is 1. The van der Waals surface area contributed by atoms with E-state index in [4.69, 9.17) is 10.00 Å². The molecule has 2 aromatic carbocycles. The number of fused-ring (bicyclic) bond motifs is 1. The number of nitrogens with zero attached hydrogens (tertiary/aromatic N) is 2. The molecule has 0 atom stereocenters. The highest BCUT2D eigenvalue weighted by molar-refractivity contribution is 7.11. The molecule has 0 saturated heterocycles. The predicted molar refractivity (Wildman–Crippen MR) is 104 cm³/mol. The predicted octanol–water partition coefficient (Wildman–Crippen LogP) is 4.41. The Morgan fingerprint density at radius 2 is 2.23 bits per heavy atom. The van der Waals surface area contributed by atoms with Crippen LogP contribution in [0.5, 0.6) is 0 Å². The molecule has 5 nitrogen and oxygen atoms in total. The van der Waals surface area contributed by atoms with E-state index >= 15 is 0 Å². The maximum absolute atomic E-state index is 10.9. The first-order valence-electron chi connectivity index (χ1n) is 7.93. The number of thiazole rings is 1. The van der Waals surface area contributed by atoms with Crippen molar-refractivity contribution in [1.29, 1.82) is 5.26 Å². The number of ether oxygens (including phenoxy) is 1. The Labute approximate surface area is 155 Å². The maximum Gasteiger partial charge on any atom is 0.178 e. The average molecular weight is 363 g/mol. The molecule has 130 valence electrons. The van der Waals surface area contributed by atoms with Crippen LogP contribution in [0.4, 0.5) is 5.69 Å². The van der Waals surface area contributed by atoms with Gasteiger partial charge in [-0.3, -0.25) is 4.79 Å². The molecule has 0 spiro atoms. The number of nitriles is 1. The van der Waals surface area contributed by atoms with Gasteiger partial charge < -0.3 is 10.1 Å². The van der Waals surface area contributed by atoms with Gasteiger partial charge in [0.2, 0.25) is 0 Å². The Morgan fingerprint density at radius 3 is 2.92 bits per heavy atom. The van der Waals surface area contributed by atoms with Crippen molar-refractivity contribution >= 4 is 34.1 Å². The number of rotatable bonds is 7. The average Bonchev–Trinajstić information content (AvgIpc) is 3.15. The van der Waals surface area contributed by atoms with Gasteiger partial charge in [-0.15, -0.1) is 11.3 Å². The normalized spacial score (nSPS) is 10.5. The topological polar surface area (TPSA) is 75.0 Å². The number of hydrogen-bond acceptors (Lipinski definition) is 6. The zero-order valence-corrected chi connectivity index (χ0v) is 15.1. The highest BCUT2D eigenvalue weighted by Crippen LogP contribution is 2.32. The van der Waals surface area contributed by atoms with E-state index in [9.17, 15) is 4.79 Å². The molecule has 3 aromatic rings. The van der Waals surface area contributed by atoms with Crippen LogP contribution >= 0.6 is 11.3 Å². The zero-order valence-electron chi connectivity index (χ0n) is 14.3. The van der Waals surface area contributed by atoms with Crippen LogP contribution in [0.1, 0.15) is 15.4 Å². The van der Waals surface area contributed by atoms with Crippen molar-refractivity contribution in [3.8, 4) is 17.3 Å². The highest BCUT2D eigenvalue weighted by Gasteiger charge is 2.11. The first kappa shape index (κ1) is 17.8. The molecule has 6 heteroatoms. The van der Waals surface area contributed by atoms with Crippen LogP contribution in [0.3, 0.4) is 0 Å². The Hall–Kier alpha value is -3.01. The molecule has 0 aliphatic carbocycles. The Morgan fingerprint density at radius 1 is 1.42 bits per heavy atom. The van der Waals surface area contributed by atoms with Crippen molar-refractivity contribution in [2.75, 3.05) is 19.0 Å². The number of anilines is 1. The molecule has 0 aliphatic rings. The molecule has 0 unspecified atom stereocenters. The lowest BCUT2D eigenvalue weighted by Gasteiger charge is -2.15. The van der Waals surface area contributed by atoms with E-state index < -0.39 is 0 Å². The number of hydrogen-bond donors (Lipinski definition) is 1. The van der Waals surface area contributed by atoms with Crippen molar-refractivity contribution in [1.82, 2.24) is 4.98 Å². The summed E-state index contributed by atoms with van der Waals surface area (Å²) in [7, 11) is 1.65. The van der Waals surface area contributed by atoms with Crippen LogP contribution < -0.4 is 5.32 Å². The monoisotopic (exact) mass is 363 g/mol. The molecule has 0 fully saturated rings. The Kier molecular flexibility index (Phi) is 5.42. The summed E-state index contributed by atoms with van der Waals surface area (Å²) in [6.45, 7) is 4.54. The van der Waals surface area contributed by atoms with Crippen molar-refractivity contribution < 1.29 is 9.53 Å². The fourth-order valence-corrected chi connectivity index (χ4v) is 3.35. The molecule has 0 radical (unpaired) electrons. The molecule has 1 heterocycles. The van der Waals surface area contributed by atoms with E-state index in [0.29, 0.717) is 23.7 Å². The van der Waals surface area contributed by atoms with E-state index in [0.717, 1.165) is 39.6 Å². The van der Waals surface area contributed by atoms with E-state index in [1.54, 1.807) is 7.11 Å². The summed E-state index contributed by atoms with van der Waals surface area (Å²) in [6, 6.07) is 12.1. The van der Waals surface area contributed by atoms with Gasteiger partial charge in [-0.2, -0.15) is 5.26 Å². The van der Waals surface area contributed by atoms with E-state index in [1.165, 1.54) is 11.3 Å². The standard InChI is InChI=1S/C20H17N3O2S/c1-13(8-21)9-22-20-16(11-25-2)6-4-14-3-5-15(7-17(14)20)18-12-26-19(10-24)23-18/h3-7,10,12,22H,1,9,11H2,2H3. The SMILES string of the molecule is C=C(C#N)CNc1c(COC)ccc2ccc(-c3csc(C=O)n3)cc12. The molecule has 0 bridgehead atoms. The van der Waals surface area contributed by atoms with Crippen molar-refractivity contribution in [2.45, 2.75) is 6.61 Å². The van der Waals surface area contributed by atoms with Crippen LogP contribution in [-0.2, 0) is 11.3 Å². The minimum absolute atomic E-state index is 0.364. The summed E-state index contributed by atoms with van der Waals surface area (Å²) < 4.78 is 5.31. The van der Waals surface area contributed by atoms with Gasteiger partial charge in [0.15, 0.2) is 11.3 Å². The smallest absolute Gasteiger partial charge is 0.178 e. The molecule has 0 saturated carbocycles. The quantitative estimate of drug-likeness (QED) is 0.497. The number of aromatic nitrogens is 1. The van der Waals surface area contributed by atoms with Crippen LogP contribution in [0.25, 0.3) is 22.0 Å². The van der Waals surface area contributed by atoms with Crippen LogP contribution in [0, 0.1) is 11.3 Å². The Balaban J connectivity index is 2.10. The molecule has 0 aliphatic heterocycles. The van der Waals surface area contributed by atoms with Crippen molar-refractivity contribution in [3.05, 3.63) is 58.4 Å². The van der Waals surface area contributed by atoms with Gasteiger partial charge in [-0.1, -0.05) is 30.8 Å². The molecule has 1 aromatic heterocycles. The number of nitrogens with one attached hydrogen (secondary N) is 1. The van der Waals surface area contributed by atoms with Crippen LogP contribution in [-0.4, -0.2) is 24.9 Å². The van der Waals surface area contributed by atoms with Gasteiger partial charge in [0.1, 0.15) is 0 Å². The molecule has 1 N–H and O–H groups in total. The molecular weight excluding hydrogens is 346 g/mol. The largest absolute Gasteiger partial charge is 0.380 e. The minimum atomic E-state index is 0.364. The van der Waals surface area contributed by atoms with Gasteiger partial charge in [0.25, 0.3) is 0 Å². The Bertz CT molecular complexity index is 1020. The van der Waals surface area contributed by atoms with Gasteiger partial charge >= 0.3 is 0 Å². The van der Waals surface area contributed by atoms with Gasteiger partial charge in [-0.25, -0.2) is 4.98 Å². The molecular formula is C20H17N3O2S. The number of carbonyl (C=O) groups is 1. The molecule has 0 amide bonds. The van der Waals surface area contributed by atoms with E-state index in [2.05, 4.69) is 22.9 Å². The third-order valence-corrected chi connectivity index (χ3v) is 4.73. The third kappa shape index (κ3) is 3.64. The highest BCUT2D eigenvalue weighted by atomic mass is 32.1. The summed E-state index contributed by atoms with van der Waals surface area (Å²) in [4.78, 5) is 15.2.